The average Bonchev–Trinajstić information content (AvgIpc) is 2.84. The van der Waals surface area contributed by atoms with Crippen LogP contribution in [0.1, 0.15) is 12.0 Å². The molecular weight excluding hydrogens is 266 g/mol. The molecule has 0 bridgehead atoms. The number of hydrogen-bond acceptors (Lipinski definition) is 4. The minimum Gasteiger partial charge on any atom is -0.481 e. The highest BCUT2D eigenvalue weighted by atomic mass is 32.2. The lowest BCUT2D eigenvalue weighted by Gasteiger charge is -2.21. The third-order valence-electron chi connectivity index (χ3n) is 2.83. The molecule has 0 spiro atoms. The first kappa shape index (κ1) is 13.7. The van der Waals surface area contributed by atoms with Crippen LogP contribution in [0.15, 0.2) is 30.3 Å². The second-order valence-electron chi connectivity index (χ2n) is 4.26. The molecule has 0 saturated carbocycles. The number of rotatable bonds is 4. The molecule has 19 heavy (non-hydrogen) atoms. The summed E-state index contributed by atoms with van der Waals surface area (Å²) in [4.78, 5) is 24.1. The van der Waals surface area contributed by atoms with Gasteiger partial charge in [-0.3, -0.25) is 9.69 Å². The van der Waals surface area contributed by atoms with E-state index in [4.69, 9.17) is 9.84 Å². The SMILES string of the molecule is O=C(O)C[C@@H]1CSCN1C(=O)OCc1ccccc1. The highest BCUT2D eigenvalue weighted by molar-refractivity contribution is 7.99. The number of carbonyl (C=O) groups is 2. The van der Waals surface area contributed by atoms with Gasteiger partial charge in [-0.15, -0.1) is 11.8 Å². The van der Waals surface area contributed by atoms with E-state index in [1.165, 1.54) is 4.90 Å². The molecule has 1 heterocycles. The molecule has 2 rings (SSSR count). The van der Waals surface area contributed by atoms with Gasteiger partial charge in [0.1, 0.15) is 6.61 Å². The van der Waals surface area contributed by atoms with Gasteiger partial charge in [0.15, 0.2) is 0 Å². The predicted molar refractivity (Wildman–Crippen MR) is 71.8 cm³/mol. The Bertz CT molecular complexity index is 451. The van der Waals surface area contributed by atoms with Crippen LogP contribution in [0.4, 0.5) is 4.79 Å². The molecule has 1 atom stereocenters. The summed E-state index contributed by atoms with van der Waals surface area (Å²) in [6, 6.07) is 9.13. The Morgan fingerprint density at radius 1 is 1.37 bits per heavy atom. The fourth-order valence-corrected chi connectivity index (χ4v) is 3.05. The highest BCUT2D eigenvalue weighted by Crippen LogP contribution is 2.24. The normalized spacial score (nSPS) is 18.3. The summed E-state index contributed by atoms with van der Waals surface area (Å²) in [6.45, 7) is 0.209. The van der Waals surface area contributed by atoms with Crippen LogP contribution in [0.25, 0.3) is 0 Å². The number of benzene rings is 1. The standard InChI is InChI=1S/C13H15NO4S/c15-12(16)6-11-8-19-9-14(11)13(17)18-7-10-4-2-1-3-5-10/h1-5,11H,6-9H2,(H,15,16)/t11-/m1/s1. The lowest BCUT2D eigenvalue weighted by molar-refractivity contribution is -0.137. The van der Waals surface area contributed by atoms with Gasteiger partial charge in [0.2, 0.25) is 0 Å². The van der Waals surface area contributed by atoms with Crippen LogP contribution in [0, 0.1) is 0 Å². The summed E-state index contributed by atoms with van der Waals surface area (Å²) >= 11 is 1.54. The molecule has 0 radical (unpaired) electrons. The van der Waals surface area contributed by atoms with Crippen molar-refractivity contribution in [2.45, 2.75) is 19.1 Å². The number of amides is 1. The van der Waals surface area contributed by atoms with E-state index in [0.29, 0.717) is 11.6 Å². The quantitative estimate of drug-likeness (QED) is 0.916. The maximum atomic E-state index is 11.9. The second-order valence-corrected chi connectivity index (χ2v) is 5.26. The Morgan fingerprint density at radius 2 is 2.11 bits per heavy atom. The van der Waals surface area contributed by atoms with Gasteiger partial charge < -0.3 is 9.84 Å². The molecule has 0 unspecified atom stereocenters. The lowest BCUT2D eigenvalue weighted by atomic mass is 10.2. The molecule has 5 nitrogen and oxygen atoms in total. The number of thioether (sulfide) groups is 1. The molecule has 1 saturated heterocycles. The van der Waals surface area contributed by atoms with Crippen molar-refractivity contribution in [1.29, 1.82) is 0 Å². The zero-order valence-electron chi connectivity index (χ0n) is 10.3. The van der Waals surface area contributed by atoms with Crippen molar-refractivity contribution >= 4 is 23.8 Å². The van der Waals surface area contributed by atoms with E-state index >= 15 is 0 Å². The van der Waals surface area contributed by atoms with E-state index in [1.54, 1.807) is 11.8 Å². The third kappa shape index (κ3) is 3.89. The number of ether oxygens (including phenoxy) is 1. The van der Waals surface area contributed by atoms with Crippen molar-refractivity contribution in [3.8, 4) is 0 Å². The number of carbonyl (C=O) groups excluding carboxylic acids is 1. The topological polar surface area (TPSA) is 66.8 Å². The number of carboxylic acids is 1. The monoisotopic (exact) mass is 281 g/mol. The van der Waals surface area contributed by atoms with Gasteiger partial charge in [0.25, 0.3) is 0 Å². The Labute approximate surface area is 115 Å². The fraction of sp³-hybridized carbons (Fsp3) is 0.385. The number of hydrogen-bond donors (Lipinski definition) is 1. The molecule has 1 aliphatic rings. The minimum absolute atomic E-state index is 0.0343. The Hall–Kier alpha value is -1.69. The van der Waals surface area contributed by atoms with Crippen molar-refractivity contribution < 1.29 is 19.4 Å². The average molecular weight is 281 g/mol. The van der Waals surface area contributed by atoms with Crippen molar-refractivity contribution in [2.75, 3.05) is 11.6 Å². The first-order valence-corrected chi connectivity index (χ1v) is 7.09. The summed E-state index contributed by atoms with van der Waals surface area (Å²) in [5.41, 5.74) is 0.914. The molecule has 1 aliphatic heterocycles. The molecule has 0 aromatic heterocycles. The third-order valence-corrected chi connectivity index (χ3v) is 3.91. The predicted octanol–water partition coefficient (Wildman–Crippen LogP) is 2.17. The van der Waals surface area contributed by atoms with Gasteiger partial charge in [-0.05, 0) is 5.56 Å². The lowest BCUT2D eigenvalue weighted by Crippen LogP contribution is -2.38. The van der Waals surface area contributed by atoms with Gasteiger partial charge >= 0.3 is 12.1 Å². The summed E-state index contributed by atoms with van der Waals surface area (Å²) < 4.78 is 5.20. The van der Waals surface area contributed by atoms with E-state index in [0.717, 1.165) is 5.56 Å². The first-order valence-electron chi connectivity index (χ1n) is 5.93. The smallest absolute Gasteiger partial charge is 0.411 e. The molecule has 1 amide bonds. The zero-order chi connectivity index (χ0) is 13.7. The van der Waals surface area contributed by atoms with E-state index in [9.17, 15) is 9.59 Å². The molecule has 102 valence electrons. The van der Waals surface area contributed by atoms with Crippen LogP contribution in [-0.2, 0) is 16.1 Å². The van der Waals surface area contributed by atoms with E-state index in [1.807, 2.05) is 30.3 Å². The van der Waals surface area contributed by atoms with Gasteiger partial charge in [-0.1, -0.05) is 30.3 Å². The van der Waals surface area contributed by atoms with Crippen molar-refractivity contribution in [3.63, 3.8) is 0 Å². The van der Waals surface area contributed by atoms with E-state index in [2.05, 4.69) is 0 Å². The number of nitrogens with zero attached hydrogens (tertiary/aromatic N) is 1. The van der Waals surface area contributed by atoms with E-state index < -0.39 is 12.1 Å². The Morgan fingerprint density at radius 3 is 2.79 bits per heavy atom. The molecular formula is C13H15NO4S. The van der Waals surface area contributed by atoms with Crippen LogP contribution in [0.2, 0.25) is 0 Å². The molecule has 1 fully saturated rings. The summed E-state index contributed by atoms with van der Waals surface area (Å²) in [7, 11) is 0. The van der Waals surface area contributed by atoms with Gasteiger partial charge in [-0.2, -0.15) is 0 Å². The number of aliphatic carboxylic acids is 1. The van der Waals surface area contributed by atoms with Gasteiger partial charge in [0.05, 0.1) is 18.3 Å². The molecule has 6 heteroatoms. The first-order chi connectivity index (χ1) is 9.16. The van der Waals surface area contributed by atoms with Crippen LogP contribution < -0.4 is 0 Å². The van der Waals surface area contributed by atoms with Crippen molar-refractivity contribution in [1.82, 2.24) is 4.90 Å². The Kier molecular flexibility index (Phi) is 4.68. The minimum atomic E-state index is -0.895. The van der Waals surface area contributed by atoms with Gasteiger partial charge in [-0.25, -0.2) is 4.79 Å². The highest BCUT2D eigenvalue weighted by Gasteiger charge is 2.31. The fourth-order valence-electron chi connectivity index (χ4n) is 1.86. The maximum Gasteiger partial charge on any atom is 0.411 e. The van der Waals surface area contributed by atoms with Crippen LogP contribution in [-0.4, -0.2) is 39.7 Å². The molecule has 1 N–H and O–H groups in total. The zero-order valence-corrected chi connectivity index (χ0v) is 11.1. The number of carboxylic acid groups (broad SMARTS) is 1. The second kappa shape index (κ2) is 6.47. The molecule has 1 aromatic carbocycles. The maximum absolute atomic E-state index is 11.9. The summed E-state index contributed by atoms with van der Waals surface area (Å²) in [5, 5.41) is 8.79. The van der Waals surface area contributed by atoms with Gasteiger partial charge in [0, 0.05) is 5.75 Å². The van der Waals surface area contributed by atoms with Crippen LogP contribution >= 0.6 is 11.8 Å². The van der Waals surface area contributed by atoms with Crippen LogP contribution in [0.3, 0.4) is 0 Å². The largest absolute Gasteiger partial charge is 0.481 e. The van der Waals surface area contributed by atoms with E-state index in [-0.39, 0.29) is 19.1 Å². The molecule has 1 aromatic rings. The Balaban J connectivity index is 1.87. The summed E-state index contributed by atoms with van der Waals surface area (Å²) in [6.07, 6.45) is -0.479. The van der Waals surface area contributed by atoms with Crippen LogP contribution in [0.5, 0.6) is 0 Å². The molecule has 0 aliphatic carbocycles. The summed E-state index contributed by atoms with van der Waals surface area (Å²) in [5.74, 6) is 0.242. The van der Waals surface area contributed by atoms with Crippen molar-refractivity contribution in [2.24, 2.45) is 0 Å². The van der Waals surface area contributed by atoms with Crippen molar-refractivity contribution in [3.05, 3.63) is 35.9 Å².